The van der Waals surface area contributed by atoms with Gasteiger partial charge in [0.15, 0.2) is 0 Å². The molecule has 2 aromatic carbocycles. The first-order valence-electron chi connectivity index (χ1n) is 9.52. The van der Waals surface area contributed by atoms with E-state index in [1.165, 1.54) is 0 Å². The van der Waals surface area contributed by atoms with Crippen molar-refractivity contribution in [1.29, 1.82) is 0 Å². The summed E-state index contributed by atoms with van der Waals surface area (Å²) >= 11 is 6.03. The summed E-state index contributed by atoms with van der Waals surface area (Å²) in [6, 6.07) is 16.9. The van der Waals surface area contributed by atoms with E-state index in [-0.39, 0.29) is 17.7 Å². The number of nitrogens with zero attached hydrogens (tertiary/aromatic N) is 3. The molecule has 3 aromatic rings. The third kappa shape index (κ3) is 4.03. The number of rotatable bonds is 4. The highest BCUT2D eigenvalue weighted by Crippen LogP contribution is 2.28. The Morgan fingerprint density at radius 1 is 1.07 bits per heavy atom. The van der Waals surface area contributed by atoms with E-state index in [0.29, 0.717) is 35.8 Å². The average Bonchev–Trinajstić information content (AvgIpc) is 3.20. The van der Waals surface area contributed by atoms with Gasteiger partial charge >= 0.3 is 0 Å². The molecule has 0 bridgehead atoms. The molecule has 0 radical (unpaired) electrons. The number of piperidine rings is 1. The molecule has 2 N–H and O–H groups in total. The molecule has 1 aliphatic heterocycles. The lowest BCUT2D eigenvalue weighted by Gasteiger charge is -2.31. The highest BCUT2D eigenvalue weighted by Gasteiger charge is 2.30. The van der Waals surface area contributed by atoms with Crippen LogP contribution in [0.1, 0.15) is 23.2 Å². The molecule has 1 saturated heterocycles. The Labute approximate surface area is 173 Å². The smallest absolute Gasteiger partial charge is 0.257 e. The van der Waals surface area contributed by atoms with Crippen LogP contribution in [-0.4, -0.2) is 39.6 Å². The molecule has 0 spiro atoms. The highest BCUT2D eigenvalue weighted by molar-refractivity contribution is 6.30. The number of carbonyl (C=O) groups is 2. The zero-order chi connectivity index (χ0) is 20.4. The molecule has 1 unspecified atom stereocenters. The van der Waals surface area contributed by atoms with E-state index in [0.717, 1.165) is 17.7 Å². The first-order chi connectivity index (χ1) is 14.0. The molecule has 1 aromatic heterocycles. The van der Waals surface area contributed by atoms with Crippen molar-refractivity contribution in [1.82, 2.24) is 14.7 Å². The molecular weight excluding hydrogens is 388 g/mol. The van der Waals surface area contributed by atoms with Crippen molar-refractivity contribution in [3.8, 4) is 16.9 Å². The molecule has 0 saturated carbocycles. The Morgan fingerprint density at radius 3 is 2.48 bits per heavy atom. The van der Waals surface area contributed by atoms with Crippen LogP contribution in [0, 0.1) is 5.92 Å². The lowest BCUT2D eigenvalue weighted by molar-refractivity contribution is -0.123. The van der Waals surface area contributed by atoms with Gasteiger partial charge in [0.1, 0.15) is 5.69 Å². The number of hydrogen-bond acceptors (Lipinski definition) is 3. The Morgan fingerprint density at radius 2 is 1.79 bits per heavy atom. The summed E-state index contributed by atoms with van der Waals surface area (Å²) in [6.45, 7) is 0.934. The lowest BCUT2D eigenvalue weighted by Crippen LogP contribution is -2.44. The Kier molecular flexibility index (Phi) is 5.36. The van der Waals surface area contributed by atoms with Crippen LogP contribution in [0.3, 0.4) is 0 Å². The molecule has 148 valence electrons. The van der Waals surface area contributed by atoms with Crippen molar-refractivity contribution >= 4 is 23.4 Å². The van der Waals surface area contributed by atoms with Gasteiger partial charge in [-0.15, -0.1) is 0 Å². The normalized spacial score (nSPS) is 16.6. The Balaban J connectivity index is 1.74. The second-order valence-electron chi connectivity index (χ2n) is 7.17. The highest BCUT2D eigenvalue weighted by atomic mass is 35.5. The van der Waals surface area contributed by atoms with Crippen LogP contribution in [0.2, 0.25) is 5.02 Å². The lowest BCUT2D eigenvalue weighted by atomic mass is 9.96. The molecule has 1 fully saturated rings. The maximum Gasteiger partial charge on any atom is 0.257 e. The second-order valence-corrected chi connectivity index (χ2v) is 7.61. The van der Waals surface area contributed by atoms with Crippen molar-refractivity contribution in [2.75, 3.05) is 13.1 Å². The molecule has 1 atom stereocenters. The topological polar surface area (TPSA) is 81.2 Å². The molecule has 2 heterocycles. The number of para-hydroxylation sites is 1. The van der Waals surface area contributed by atoms with Crippen molar-refractivity contribution < 1.29 is 9.59 Å². The predicted molar refractivity (Wildman–Crippen MR) is 112 cm³/mol. The fraction of sp³-hybridized carbons (Fsp3) is 0.227. The summed E-state index contributed by atoms with van der Waals surface area (Å²) in [4.78, 5) is 26.7. The largest absolute Gasteiger partial charge is 0.369 e. The van der Waals surface area contributed by atoms with E-state index < -0.39 is 0 Å². The summed E-state index contributed by atoms with van der Waals surface area (Å²) in [7, 11) is 0. The van der Waals surface area contributed by atoms with E-state index in [9.17, 15) is 9.59 Å². The standard InChI is InChI=1S/C22H21ClN4O2/c23-17-10-8-15(9-11-17)20-19(14-27(25-20)18-6-2-1-3-7-18)22(29)26-12-4-5-16(13-26)21(24)28/h1-3,6-11,14,16H,4-5,12-13H2,(H2,24,28). The van der Waals surface area contributed by atoms with Gasteiger partial charge in [0.05, 0.1) is 17.2 Å². The zero-order valence-electron chi connectivity index (χ0n) is 15.8. The van der Waals surface area contributed by atoms with Gasteiger partial charge in [0, 0.05) is 29.9 Å². The van der Waals surface area contributed by atoms with Gasteiger partial charge in [0.2, 0.25) is 5.91 Å². The predicted octanol–water partition coefficient (Wildman–Crippen LogP) is 3.53. The summed E-state index contributed by atoms with van der Waals surface area (Å²) in [5.74, 6) is -0.820. The number of aromatic nitrogens is 2. The number of benzene rings is 2. The molecule has 1 aliphatic rings. The minimum atomic E-state index is -0.361. The number of hydrogen-bond donors (Lipinski definition) is 1. The van der Waals surface area contributed by atoms with Crippen LogP contribution in [0.15, 0.2) is 60.8 Å². The minimum Gasteiger partial charge on any atom is -0.369 e. The number of halogens is 1. The van der Waals surface area contributed by atoms with Gasteiger partial charge in [-0.05, 0) is 37.1 Å². The van der Waals surface area contributed by atoms with Gasteiger partial charge in [-0.25, -0.2) is 4.68 Å². The third-order valence-electron chi connectivity index (χ3n) is 5.19. The van der Waals surface area contributed by atoms with E-state index in [4.69, 9.17) is 17.3 Å². The number of likely N-dealkylation sites (tertiary alicyclic amines) is 1. The van der Waals surface area contributed by atoms with E-state index in [2.05, 4.69) is 5.10 Å². The summed E-state index contributed by atoms with van der Waals surface area (Å²) in [5.41, 5.74) is 8.20. The van der Waals surface area contributed by atoms with E-state index >= 15 is 0 Å². The van der Waals surface area contributed by atoms with Gasteiger partial charge in [-0.3, -0.25) is 9.59 Å². The van der Waals surface area contributed by atoms with Crippen molar-refractivity contribution in [3.05, 3.63) is 71.4 Å². The van der Waals surface area contributed by atoms with Crippen molar-refractivity contribution in [2.24, 2.45) is 11.7 Å². The SMILES string of the molecule is NC(=O)C1CCCN(C(=O)c2cn(-c3ccccc3)nc2-c2ccc(Cl)cc2)C1. The molecule has 29 heavy (non-hydrogen) atoms. The quantitative estimate of drug-likeness (QED) is 0.717. The van der Waals surface area contributed by atoms with Crippen LogP contribution in [0.25, 0.3) is 16.9 Å². The Bertz CT molecular complexity index is 1030. The van der Waals surface area contributed by atoms with Crippen LogP contribution in [0.5, 0.6) is 0 Å². The molecular formula is C22H21ClN4O2. The first kappa shape index (κ1) is 19.2. The number of nitrogens with two attached hydrogens (primary N) is 1. The maximum absolute atomic E-state index is 13.4. The summed E-state index contributed by atoms with van der Waals surface area (Å²) in [6.07, 6.45) is 3.21. The number of amides is 2. The Hall–Kier alpha value is -3.12. The van der Waals surface area contributed by atoms with Crippen molar-refractivity contribution in [2.45, 2.75) is 12.8 Å². The molecule has 7 heteroatoms. The van der Waals surface area contributed by atoms with Crippen LogP contribution < -0.4 is 5.73 Å². The zero-order valence-corrected chi connectivity index (χ0v) is 16.5. The summed E-state index contributed by atoms with van der Waals surface area (Å²) < 4.78 is 1.70. The fourth-order valence-corrected chi connectivity index (χ4v) is 3.75. The molecule has 6 nitrogen and oxygen atoms in total. The van der Waals surface area contributed by atoms with Gasteiger partial charge < -0.3 is 10.6 Å². The monoisotopic (exact) mass is 408 g/mol. The van der Waals surface area contributed by atoms with Gasteiger partial charge in [0.25, 0.3) is 5.91 Å². The van der Waals surface area contributed by atoms with Crippen LogP contribution in [0.4, 0.5) is 0 Å². The van der Waals surface area contributed by atoms with Gasteiger partial charge in [-0.1, -0.05) is 41.9 Å². The first-order valence-corrected chi connectivity index (χ1v) is 9.90. The van der Waals surface area contributed by atoms with Crippen LogP contribution >= 0.6 is 11.6 Å². The maximum atomic E-state index is 13.4. The van der Waals surface area contributed by atoms with E-state index in [1.54, 1.807) is 27.9 Å². The average molecular weight is 409 g/mol. The third-order valence-corrected chi connectivity index (χ3v) is 5.45. The second kappa shape index (κ2) is 8.09. The number of carbonyl (C=O) groups excluding carboxylic acids is 2. The number of primary amides is 1. The summed E-state index contributed by atoms with van der Waals surface area (Å²) in [5, 5.41) is 5.30. The molecule has 4 rings (SSSR count). The van der Waals surface area contributed by atoms with Crippen LogP contribution in [-0.2, 0) is 4.79 Å². The fourth-order valence-electron chi connectivity index (χ4n) is 3.63. The molecule has 0 aliphatic carbocycles. The molecule has 2 amide bonds. The van der Waals surface area contributed by atoms with Gasteiger partial charge in [-0.2, -0.15) is 5.10 Å². The van der Waals surface area contributed by atoms with Crippen molar-refractivity contribution in [3.63, 3.8) is 0 Å². The van der Waals surface area contributed by atoms with E-state index in [1.807, 2.05) is 42.5 Å². The minimum absolute atomic E-state index is 0.150.